The first-order valence-corrected chi connectivity index (χ1v) is 5.67. The van der Waals surface area contributed by atoms with Crippen LogP contribution in [0.15, 0.2) is 18.5 Å². The van der Waals surface area contributed by atoms with Crippen LogP contribution in [0.4, 0.5) is 0 Å². The summed E-state index contributed by atoms with van der Waals surface area (Å²) < 4.78 is 11.8. The van der Waals surface area contributed by atoms with Crippen molar-refractivity contribution in [3.05, 3.63) is 24.3 Å². The number of hydrogen-bond donors (Lipinski definition) is 1. The van der Waals surface area contributed by atoms with Crippen molar-refractivity contribution in [1.82, 2.24) is 15.3 Å². The topological polar surface area (TPSA) is 56.3 Å². The van der Waals surface area contributed by atoms with E-state index in [1.807, 2.05) is 0 Å². The molecule has 1 atom stereocenters. The van der Waals surface area contributed by atoms with Gasteiger partial charge in [-0.15, -0.1) is 0 Å². The van der Waals surface area contributed by atoms with Crippen molar-refractivity contribution < 1.29 is 9.47 Å². The third kappa shape index (κ3) is 1.81. The zero-order valence-corrected chi connectivity index (χ0v) is 9.06. The van der Waals surface area contributed by atoms with Gasteiger partial charge in [-0.3, -0.25) is 0 Å². The molecule has 2 saturated heterocycles. The van der Waals surface area contributed by atoms with Crippen LogP contribution in [0.3, 0.4) is 0 Å². The molecule has 1 aromatic heterocycles. The van der Waals surface area contributed by atoms with E-state index in [4.69, 9.17) is 9.47 Å². The standard InChI is InChI=1S/C11H15N3O2/c1-4-13-10(14-5-1)9-8-15-11(16-9)2-6-12-7-3-11/h1,4-5,9,12H,2-3,6-8H2. The maximum atomic E-state index is 5.99. The van der Waals surface area contributed by atoms with Crippen LogP contribution in [0.1, 0.15) is 24.8 Å². The van der Waals surface area contributed by atoms with E-state index in [0.717, 1.165) is 31.8 Å². The summed E-state index contributed by atoms with van der Waals surface area (Å²) in [4.78, 5) is 8.41. The highest BCUT2D eigenvalue weighted by atomic mass is 16.7. The minimum atomic E-state index is -0.394. The van der Waals surface area contributed by atoms with Gasteiger partial charge in [0.15, 0.2) is 11.6 Å². The Kier molecular flexibility index (Phi) is 2.59. The Bertz CT molecular complexity index is 352. The highest BCUT2D eigenvalue weighted by molar-refractivity contribution is 4.97. The van der Waals surface area contributed by atoms with Gasteiger partial charge in [0.05, 0.1) is 6.61 Å². The van der Waals surface area contributed by atoms with Crippen molar-refractivity contribution in [2.45, 2.75) is 24.7 Å². The number of piperidine rings is 1. The molecule has 1 unspecified atom stereocenters. The Labute approximate surface area is 94.2 Å². The zero-order valence-electron chi connectivity index (χ0n) is 9.06. The van der Waals surface area contributed by atoms with Gasteiger partial charge < -0.3 is 14.8 Å². The lowest BCUT2D eigenvalue weighted by molar-refractivity contribution is -0.184. The van der Waals surface area contributed by atoms with Crippen molar-refractivity contribution in [3.8, 4) is 0 Å². The molecular formula is C11H15N3O2. The molecule has 0 radical (unpaired) electrons. The van der Waals surface area contributed by atoms with Gasteiger partial charge in [0, 0.05) is 38.3 Å². The quantitative estimate of drug-likeness (QED) is 0.754. The molecule has 2 fully saturated rings. The van der Waals surface area contributed by atoms with Crippen LogP contribution in [0.25, 0.3) is 0 Å². The second kappa shape index (κ2) is 4.08. The van der Waals surface area contributed by atoms with Gasteiger partial charge in [-0.05, 0) is 6.07 Å². The number of nitrogens with one attached hydrogen (secondary N) is 1. The Morgan fingerprint density at radius 2 is 2.00 bits per heavy atom. The van der Waals surface area contributed by atoms with Gasteiger partial charge in [0.2, 0.25) is 0 Å². The third-order valence-electron chi connectivity index (χ3n) is 3.09. The Hall–Kier alpha value is -1.04. The summed E-state index contributed by atoms with van der Waals surface area (Å²) >= 11 is 0. The zero-order chi connectivity index (χ0) is 10.8. The summed E-state index contributed by atoms with van der Waals surface area (Å²) in [7, 11) is 0. The van der Waals surface area contributed by atoms with Gasteiger partial charge in [-0.2, -0.15) is 0 Å². The van der Waals surface area contributed by atoms with Crippen molar-refractivity contribution in [3.63, 3.8) is 0 Å². The van der Waals surface area contributed by atoms with E-state index in [2.05, 4.69) is 15.3 Å². The molecule has 0 bridgehead atoms. The maximum Gasteiger partial charge on any atom is 0.171 e. The molecule has 2 aliphatic rings. The summed E-state index contributed by atoms with van der Waals surface area (Å²) in [6, 6.07) is 1.81. The van der Waals surface area contributed by atoms with Crippen LogP contribution in [0.5, 0.6) is 0 Å². The van der Waals surface area contributed by atoms with Gasteiger partial charge in [0.1, 0.15) is 6.10 Å². The first-order valence-electron chi connectivity index (χ1n) is 5.67. The summed E-state index contributed by atoms with van der Waals surface area (Å²) in [6.45, 7) is 2.45. The van der Waals surface area contributed by atoms with Gasteiger partial charge >= 0.3 is 0 Å². The van der Waals surface area contributed by atoms with Crippen LogP contribution >= 0.6 is 0 Å². The lowest BCUT2D eigenvalue weighted by Crippen LogP contribution is -2.42. The van der Waals surface area contributed by atoms with Crippen molar-refractivity contribution in [2.24, 2.45) is 0 Å². The van der Waals surface area contributed by atoms with E-state index < -0.39 is 5.79 Å². The van der Waals surface area contributed by atoms with Crippen LogP contribution in [0, 0.1) is 0 Å². The predicted octanol–water partition coefficient (Wildman–Crippen LogP) is 0.644. The molecule has 1 spiro atoms. The third-order valence-corrected chi connectivity index (χ3v) is 3.09. The highest BCUT2D eigenvalue weighted by Gasteiger charge is 2.43. The Morgan fingerprint density at radius 1 is 1.25 bits per heavy atom. The molecule has 0 aliphatic carbocycles. The molecule has 0 aromatic carbocycles. The lowest BCUT2D eigenvalue weighted by Gasteiger charge is -2.32. The van der Waals surface area contributed by atoms with Crippen molar-refractivity contribution in [1.29, 1.82) is 0 Å². The first kappa shape index (κ1) is 10.1. The molecule has 16 heavy (non-hydrogen) atoms. The normalized spacial score (nSPS) is 28.4. The monoisotopic (exact) mass is 221 g/mol. The molecule has 0 saturated carbocycles. The lowest BCUT2D eigenvalue weighted by atomic mass is 10.1. The molecular weight excluding hydrogens is 206 g/mol. The maximum absolute atomic E-state index is 5.99. The van der Waals surface area contributed by atoms with E-state index >= 15 is 0 Å². The molecule has 3 rings (SSSR count). The van der Waals surface area contributed by atoms with E-state index in [0.29, 0.717) is 6.61 Å². The van der Waals surface area contributed by atoms with E-state index in [1.54, 1.807) is 18.5 Å². The van der Waals surface area contributed by atoms with Crippen molar-refractivity contribution >= 4 is 0 Å². The van der Waals surface area contributed by atoms with Gasteiger partial charge in [0.25, 0.3) is 0 Å². The molecule has 2 aliphatic heterocycles. The summed E-state index contributed by atoms with van der Waals surface area (Å²) in [5.74, 6) is 0.327. The minimum Gasteiger partial charge on any atom is -0.347 e. The number of aromatic nitrogens is 2. The number of nitrogens with zero attached hydrogens (tertiary/aromatic N) is 2. The SMILES string of the molecule is c1cnc(C2COC3(CCNCC3)O2)nc1. The number of rotatable bonds is 1. The average molecular weight is 221 g/mol. The van der Waals surface area contributed by atoms with Crippen LogP contribution < -0.4 is 5.32 Å². The summed E-state index contributed by atoms with van der Waals surface area (Å²) in [5.41, 5.74) is 0. The predicted molar refractivity (Wildman–Crippen MR) is 56.6 cm³/mol. The fourth-order valence-corrected chi connectivity index (χ4v) is 2.23. The second-order valence-corrected chi connectivity index (χ2v) is 4.19. The van der Waals surface area contributed by atoms with E-state index in [-0.39, 0.29) is 6.10 Å². The molecule has 5 heteroatoms. The fourth-order valence-electron chi connectivity index (χ4n) is 2.23. The van der Waals surface area contributed by atoms with Gasteiger partial charge in [-0.1, -0.05) is 0 Å². The van der Waals surface area contributed by atoms with Crippen LogP contribution in [0.2, 0.25) is 0 Å². The average Bonchev–Trinajstić information content (AvgIpc) is 2.75. The first-order chi connectivity index (χ1) is 7.88. The molecule has 5 nitrogen and oxygen atoms in total. The largest absolute Gasteiger partial charge is 0.347 e. The molecule has 1 N–H and O–H groups in total. The summed E-state index contributed by atoms with van der Waals surface area (Å²) in [5, 5.41) is 3.30. The van der Waals surface area contributed by atoms with Crippen LogP contribution in [-0.2, 0) is 9.47 Å². The molecule has 86 valence electrons. The Balaban J connectivity index is 1.73. The number of hydrogen-bond acceptors (Lipinski definition) is 5. The molecule has 3 heterocycles. The summed E-state index contributed by atoms with van der Waals surface area (Å²) in [6.07, 6.45) is 5.16. The smallest absolute Gasteiger partial charge is 0.171 e. The van der Waals surface area contributed by atoms with Crippen LogP contribution in [-0.4, -0.2) is 35.5 Å². The fraction of sp³-hybridized carbons (Fsp3) is 0.636. The van der Waals surface area contributed by atoms with E-state index in [1.165, 1.54) is 0 Å². The highest BCUT2D eigenvalue weighted by Crippen LogP contribution is 2.37. The number of ether oxygens (including phenoxy) is 2. The molecule has 1 aromatic rings. The van der Waals surface area contributed by atoms with Crippen molar-refractivity contribution in [2.75, 3.05) is 19.7 Å². The molecule has 0 amide bonds. The Morgan fingerprint density at radius 3 is 2.75 bits per heavy atom. The van der Waals surface area contributed by atoms with Gasteiger partial charge in [-0.25, -0.2) is 9.97 Å². The minimum absolute atomic E-state index is 0.112. The second-order valence-electron chi connectivity index (χ2n) is 4.19. The van der Waals surface area contributed by atoms with E-state index in [9.17, 15) is 0 Å².